The Hall–Kier alpha value is -2.76. The summed E-state index contributed by atoms with van der Waals surface area (Å²) >= 11 is 0. The summed E-state index contributed by atoms with van der Waals surface area (Å²) in [6.45, 7) is 6.41. The van der Waals surface area contributed by atoms with Crippen molar-refractivity contribution in [2.24, 2.45) is 0 Å². The highest BCUT2D eigenvalue weighted by Gasteiger charge is 2.21. The largest absolute Gasteiger partial charge is 0.482 e. The van der Waals surface area contributed by atoms with Gasteiger partial charge in [-0.05, 0) is 65.8 Å². The number of carboxylic acids is 1. The lowest BCUT2D eigenvalue weighted by Crippen LogP contribution is -2.42. The molecule has 0 aliphatic carbocycles. The lowest BCUT2D eigenvalue weighted by molar-refractivity contribution is -0.139. The second kappa shape index (κ2) is 12.1. The van der Waals surface area contributed by atoms with Crippen molar-refractivity contribution in [3.8, 4) is 5.75 Å². The van der Waals surface area contributed by atoms with Gasteiger partial charge in [0.25, 0.3) is 0 Å². The second-order valence-corrected chi connectivity index (χ2v) is 8.97. The van der Waals surface area contributed by atoms with Gasteiger partial charge in [-0.25, -0.2) is 4.79 Å². The molecule has 1 aliphatic rings. The van der Waals surface area contributed by atoms with E-state index >= 15 is 0 Å². The van der Waals surface area contributed by atoms with Gasteiger partial charge in [-0.2, -0.15) is 0 Å². The van der Waals surface area contributed by atoms with E-state index in [1.165, 1.54) is 16.3 Å². The number of nitrogens with zero attached hydrogens (tertiary/aromatic N) is 1. The van der Waals surface area contributed by atoms with Crippen LogP contribution < -0.4 is 9.64 Å². The minimum atomic E-state index is -0.968. The normalized spacial score (nSPS) is 16.6. The van der Waals surface area contributed by atoms with Crippen molar-refractivity contribution in [2.45, 2.75) is 45.1 Å². The van der Waals surface area contributed by atoms with Gasteiger partial charge in [0.1, 0.15) is 5.75 Å². The lowest BCUT2D eigenvalue weighted by Gasteiger charge is -2.35. The van der Waals surface area contributed by atoms with Gasteiger partial charge in [-0.3, -0.25) is 0 Å². The third kappa shape index (κ3) is 6.43. The molecule has 2 atom stereocenters. The number of carbonyl (C=O) groups is 1. The first-order valence-corrected chi connectivity index (χ1v) is 11.8. The number of hydrogen-bond donors (Lipinski definition) is 1. The molecule has 182 valence electrons. The molecule has 0 saturated carbocycles. The van der Waals surface area contributed by atoms with Gasteiger partial charge in [0.15, 0.2) is 6.61 Å². The molecule has 0 aromatic heterocycles. The summed E-state index contributed by atoms with van der Waals surface area (Å²) in [7, 11) is 0. The number of halogens is 1. The zero-order valence-corrected chi connectivity index (χ0v) is 20.7. The summed E-state index contributed by atoms with van der Waals surface area (Å²) < 4.78 is 11.4. The number of hydrogen-bond acceptors (Lipinski definition) is 4. The van der Waals surface area contributed by atoms with Crippen molar-refractivity contribution in [3.63, 3.8) is 0 Å². The Labute approximate surface area is 208 Å². The fourth-order valence-corrected chi connectivity index (χ4v) is 4.75. The van der Waals surface area contributed by atoms with Gasteiger partial charge >= 0.3 is 5.97 Å². The standard InChI is InChI=1S/C28H33NO4.ClH/c1-20(25-12-6-9-22-8-3-4-11-26(22)25)7-5-10-24-18-29(15-16-32-24)23-13-14-27(21(2)17-23)33-19-28(30)31;/h3-4,6,8-9,11-14,17,20,24H,5,7,10,15-16,18-19H2,1-2H3,(H,30,31);1H/t20-,24?;/m0./s1. The molecule has 0 radical (unpaired) electrons. The molecule has 1 fully saturated rings. The average molecular weight is 484 g/mol. The molecule has 0 amide bonds. The third-order valence-corrected chi connectivity index (χ3v) is 6.53. The number of aryl methyl sites for hydroxylation is 1. The SMILES string of the molecule is Cc1cc(N2CCOC(CCC[C@H](C)c3cccc4ccccc34)C2)ccc1OCC(=O)O.Cl. The van der Waals surface area contributed by atoms with Crippen LogP contribution in [-0.4, -0.2) is 43.5 Å². The summed E-state index contributed by atoms with van der Waals surface area (Å²) in [5, 5.41) is 11.5. The molecule has 34 heavy (non-hydrogen) atoms. The Morgan fingerprint density at radius 1 is 1.18 bits per heavy atom. The van der Waals surface area contributed by atoms with Crippen LogP contribution >= 0.6 is 12.4 Å². The minimum absolute atomic E-state index is 0. The van der Waals surface area contributed by atoms with Crippen LogP contribution in [-0.2, 0) is 9.53 Å². The van der Waals surface area contributed by atoms with Crippen molar-refractivity contribution >= 4 is 34.8 Å². The monoisotopic (exact) mass is 483 g/mol. The molecule has 3 aromatic carbocycles. The van der Waals surface area contributed by atoms with Crippen LogP contribution in [0.4, 0.5) is 5.69 Å². The van der Waals surface area contributed by atoms with Crippen LogP contribution in [0.25, 0.3) is 10.8 Å². The number of ether oxygens (including phenoxy) is 2. The number of anilines is 1. The van der Waals surface area contributed by atoms with E-state index in [9.17, 15) is 4.79 Å². The topological polar surface area (TPSA) is 59.0 Å². The van der Waals surface area contributed by atoms with Crippen molar-refractivity contribution < 1.29 is 19.4 Å². The molecule has 1 saturated heterocycles. The van der Waals surface area contributed by atoms with E-state index in [2.05, 4.69) is 60.4 Å². The number of morpholine rings is 1. The minimum Gasteiger partial charge on any atom is -0.482 e. The summed E-state index contributed by atoms with van der Waals surface area (Å²) in [4.78, 5) is 13.1. The molecule has 4 rings (SSSR count). The van der Waals surface area contributed by atoms with Gasteiger partial charge in [0.2, 0.25) is 0 Å². The molecule has 1 aliphatic heterocycles. The second-order valence-electron chi connectivity index (χ2n) is 8.97. The van der Waals surface area contributed by atoms with Crippen LogP contribution in [0.5, 0.6) is 5.75 Å². The molecular weight excluding hydrogens is 450 g/mol. The molecule has 1 unspecified atom stereocenters. The fourth-order valence-electron chi connectivity index (χ4n) is 4.75. The number of benzene rings is 3. The van der Waals surface area contributed by atoms with Gasteiger partial charge in [0, 0.05) is 18.8 Å². The van der Waals surface area contributed by atoms with Gasteiger partial charge < -0.3 is 19.5 Å². The summed E-state index contributed by atoms with van der Waals surface area (Å²) in [5.74, 6) is 0.162. The molecule has 1 N–H and O–H groups in total. The summed E-state index contributed by atoms with van der Waals surface area (Å²) in [5.41, 5.74) is 3.51. The van der Waals surface area contributed by atoms with E-state index in [0.29, 0.717) is 11.7 Å². The number of fused-ring (bicyclic) bond motifs is 1. The zero-order valence-electron chi connectivity index (χ0n) is 19.9. The zero-order chi connectivity index (χ0) is 23.2. The molecule has 6 heteroatoms. The summed E-state index contributed by atoms with van der Waals surface area (Å²) in [6.07, 6.45) is 3.54. The van der Waals surface area contributed by atoms with Crippen molar-refractivity contribution in [2.75, 3.05) is 31.2 Å². The molecule has 3 aromatic rings. The highest BCUT2D eigenvalue weighted by Crippen LogP contribution is 2.30. The highest BCUT2D eigenvalue weighted by molar-refractivity contribution is 5.86. The van der Waals surface area contributed by atoms with Crippen molar-refractivity contribution in [1.29, 1.82) is 0 Å². The first-order valence-electron chi connectivity index (χ1n) is 11.8. The van der Waals surface area contributed by atoms with Crippen molar-refractivity contribution in [3.05, 3.63) is 71.8 Å². The van der Waals surface area contributed by atoms with Crippen LogP contribution in [0.15, 0.2) is 60.7 Å². The van der Waals surface area contributed by atoms with E-state index in [1.807, 2.05) is 19.1 Å². The summed E-state index contributed by atoms with van der Waals surface area (Å²) in [6, 6.07) is 21.2. The maximum absolute atomic E-state index is 10.8. The van der Waals surface area contributed by atoms with Gasteiger partial charge in [-0.1, -0.05) is 55.8 Å². The Kier molecular flexibility index (Phi) is 9.20. The smallest absolute Gasteiger partial charge is 0.341 e. The quantitative estimate of drug-likeness (QED) is 0.392. The van der Waals surface area contributed by atoms with E-state index in [1.54, 1.807) is 0 Å². The Morgan fingerprint density at radius 2 is 1.97 bits per heavy atom. The predicted molar refractivity (Wildman–Crippen MR) is 140 cm³/mol. The van der Waals surface area contributed by atoms with Crippen LogP contribution in [0, 0.1) is 6.92 Å². The van der Waals surface area contributed by atoms with Crippen LogP contribution in [0.1, 0.15) is 43.2 Å². The van der Waals surface area contributed by atoms with Gasteiger partial charge in [0.05, 0.1) is 12.7 Å². The first-order chi connectivity index (χ1) is 16.0. The first kappa shape index (κ1) is 25.9. The van der Waals surface area contributed by atoms with Crippen LogP contribution in [0.3, 0.4) is 0 Å². The van der Waals surface area contributed by atoms with E-state index in [-0.39, 0.29) is 25.1 Å². The number of aliphatic carboxylic acids is 1. The Balaban J connectivity index is 0.00000324. The van der Waals surface area contributed by atoms with Crippen molar-refractivity contribution in [1.82, 2.24) is 0 Å². The van der Waals surface area contributed by atoms with E-state index in [4.69, 9.17) is 14.6 Å². The Morgan fingerprint density at radius 3 is 2.76 bits per heavy atom. The number of rotatable bonds is 9. The Bertz CT molecular complexity index is 1100. The average Bonchev–Trinajstić information content (AvgIpc) is 2.83. The van der Waals surface area contributed by atoms with E-state index in [0.717, 1.165) is 50.2 Å². The van der Waals surface area contributed by atoms with E-state index < -0.39 is 5.97 Å². The molecule has 5 nitrogen and oxygen atoms in total. The molecule has 0 bridgehead atoms. The highest BCUT2D eigenvalue weighted by atomic mass is 35.5. The van der Waals surface area contributed by atoms with Crippen LogP contribution in [0.2, 0.25) is 0 Å². The molecule has 1 heterocycles. The molecular formula is C28H34ClNO4. The maximum atomic E-state index is 10.8. The third-order valence-electron chi connectivity index (χ3n) is 6.53. The molecule has 0 spiro atoms. The van der Waals surface area contributed by atoms with Gasteiger partial charge in [-0.15, -0.1) is 12.4 Å². The number of carboxylic acid groups (broad SMARTS) is 1. The lowest BCUT2D eigenvalue weighted by atomic mass is 9.90. The fraction of sp³-hybridized carbons (Fsp3) is 0.393. The predicted octanol–water partition coefficient (Wildman–Crippen LogP) is 6.21. The maximum Gasteiger partial charge on any atom is 0.341 e.